The second kappa shape index (κ2) is 4.13. The number of aromatic carboxylic acids is 1. The predicted octanol–water partition coefficient (Wildman–Crippen LogP) is 2.90. The number of benzene rings is 2. The SMILES string of the molecule is O=C(O)c1cc(-c2cc3ccccc3cc2O)no1. The summed E-state index contributed by atoms with van der Waals surface area (Å²) in [6.45, 7) is 0. The van der Waals surface area contributed by atoms with Crippen molar-refractivity contribution in [3.05, 3.63) is 48.2 Å². The van der Waals surface area contributed by atoms with Crippen LogP contribution in [-0.2, 0) is 0 Å². The molecule has 0 radical (unpaired) electrons. The van der Waals surface area contributed by atoms with E-state index in [0.717, 1.165) is 10.8 Å². The molecule has 0 amide bonds. The van der Waals surface area contributed by atoms with Crippen LogP contribution in [0.3, 0.4) is 0 Å². The van der Waals surface area contributed by atoms with E-state index in [-0.39, 0.29) is 11.5 Å². The number of carboxylic acids is 1. The number of phenolic OH excluding ortho intramolecular Hbond substituents is 1. The van der Waals surface area contributed by atoms with Crippen LogP contribution in [0, 0.1) is 0 Å². The number of hydrogen-bond acceptors (Lipinski definition) is 4. The zero-order valence-electron chi connectivity index (χ0n) is 9.70. The standard InChI is InChI=1S/C14H9NO4/c16-12-6-9-4-2-1-3-8(9)5-10(12)11-7-13(14(17)18)19-15-11/h1-7,16H,(H,17,18). The molecule has 3 aromatic rings. The van der Waals surface area contributed by atoms with Crippen LogP contribution in [0.5, 0.6) is 5.75 Å². The molecule has 2 aromatic carbocycles. The maximum absolute atomic E-state index is 10.7. The minimum atomic E-state index is -1.20. The smallest absolute Gasteiger partial charge is 0.374 e. The van der Waals surface area contributed by atoms with Gasteiger partial charge in [0.2, 0.25) is 5.76 Å². The second-order valence-corrected chi connectivity index (χ2v) is 4.10. The Balaban J connectivity index is 2.18. The Labute approximate surface area is 107 Å². The highest BCUT2D eigenvalue weighted by molar-refractivity contribution is 5.91. The first-order valence-electron chi connectivity index (χ1n) is 5.57. The van der Waals surface area contributed by atoms with E-state index in [1.807, 2.05) is 24.3 Å². The molecule has 0 aliphatic heterocycles. The molecule has 0 saturated carbocycles. The van der Waals surface area contributed by atoms with Crippen LogP contribution in [0.4, 0.5) is 0 Å². The van der Waals surface area contributed by atoms with Crippen molar-refractivity contribution in [1.29, 1.82) is 0 Å². The molecule has 0 unspecified atom stereocenters. The van der Waals surface area contributed by atoms with Crippen LogP contribution in [0.15, 0.2) is 47.0 Å². The molecule has 0 bridgehead atoms. The topological polar surface area (TPSA) is 83.6 Å². The molecule has 1 aromatic heterocycles. The van der Waals surface area contributed by atoms with E-state index in [4.69, 9.17) is 5.11 Å². The van der Waals surface area contributed by atoms with Gasteiger partial charge in [-0.15, -0.1) is 0 Å². The van der Waals surface area contributed by atoms with Crippen LogP contribution in [0.25, 0.3) is 22.0 Å². The Hall–Kier alpha value is -2.82. The Morgan fingerprint density at radius 3 is 2.42 bits per heavy atom. The zero-order chi connectivity index (χ0) is 13.4. The predicted molar refractivity (Wildman–Crippen MR) is 68.1 cm³/mol. The molecular formula is C14H9NO4. The third-order valence-corrected chi connectivity index (χ3v) is 2.86. The number of phenols is 1. The van der Waals surface area contributed by atoms with Crippen molar-refractivity contribution in [3.8, 4) is 17.0 Å². The highest BCUT2D eigenvalue weighted by Gasteiger charge is 2.15. The van der Waals surface area contributed by atoms with E-state index in [1.54, 1.807) is 12.1 Å². The molecule has 94 valence electrons. The summed E-state index contributed by atoms with van der Waals surface area (Å²) in [5.74, 6) is -1.43. The lowest BCUT2D eigenvalue weighted by atomic mass is 10.0. The number of rotatable bonds is 2. The Morgan fingerprint density at radius 2 is 1.79 bits per heavy atom. The van der Waals surface area contributed by atoms with Crippen molar-refractivity contribution in [3.63, 3.8) is 0 Å². The zero-order valence-corrected chi connectivity index (χ0v) is 9.70. The van der Waals surface area contributed by atoms with Crippen molar-refractivity contribution in [2.75, 3.05) is 0 Å². The quantitative estimate of drug-likeness (QED) is 0.735. The minimum Gasteiger partial charge on any atom is -0.507 e. The summed E-state index contributed by atoms with van der Waals surface area (Å²) >= 11 is 0. The molecule has 19 heavy (non-hydrogen) atoms. The summed E-state index contributed by atoms with van der Waals surface area (Å²) in [5.41, 5.74) is 0.732. The van der Waals surface area contributed by atoms with Gasteiger partial charge in [0.05, 0.1) is 0 Å². The first-order chi connectivity index (χ1) is 9.15. The van der Waals surface area contributed by atoms with Gasteiger partial charge in [-0.2, -0.15) is 0 Å². The lowest BCUT2D eigenvalue weighted by molar-refractivity contribution is 0.0652. The van der Waals surface area contributed by atoms with Crippen LogP contribution in [-0.4, -0.2) is 21.3 Å². The lowest BCUT2D eigenvalue weighted by Gasteiger charge is -2.03. The van der Waals surface area contributed by atoms with Gasteiger partial charge >= 0.3 is 5.97 Å². The molecule has 0 atom stereocenters. The summed E-state index contributed by atoms with van der Waals surface area (Å²) in [4.78, 5) is 10.7. The maximum Gasteiger partial charge on any atom is 0.374 e. The Kier molecular flexibility index (Phi) is 2.45. The molecule has 2 N–H and O–H groups in total. The average Bonchev–Trinajstić information content (AvgIpc) is 2.87. The number of nitrogens with zero attached hydrogens (tertiary/aromatic N) is 1. The molecule has 5 nitrogen and oxygen atoms in total. The maximum atomic E-state index is 10.7. The number of hydrogen-bond donors (Lipinski definition) is 2. The van der Waals surface area contributed by atoms with Crippen LogP contribution >= 0.6 is 0 Å². The fraction of sp³-hybridized carbons (Fsp3) is 0. The fourth-order valence-electron chi connectivity index (χ4n) is 1.94. The molecule has 5 heteroatoms. The van der Waals surface area contributed by atoms with Gasteiger partial charge < -0.3 is 14.7 Å². The highest BCUT2D eigenvalue weighted by Crippen LogP contribution is 2.32. The molecule has 0 fully saturated rings. The normalized spacial score (nSPS) is 10.7. The third kappa shape index (κ3) is 1.91. The average molecular weight is 255 g/mol. The summed E-state index contributed by atoms with van der Waals surface area (Å²) in [5, 5.41) is 24.3. The van der Waals surface area contributed by atoms with Gasteiger partial charge in [-0.3, -0.25) is 0 Å². The van der Waals surface area contributed by atoms with E-state index in [2.05, 4.69) is 9.68 Å². The van der Waals surface area contributed by atoms with E-state index < -0.39 is 5.97 Å². The fourth-order valence-corrected chi connectivity index (χ4v) is 1.94. The molecular weight excluding hydrogens is 246 g/mol. The molecule has 0 aliphatic rings. The van der Waals surface area contributed by atoms with Gasteiger partial charge in [0.1, 0.15) is 11.4 Å². The number of fused-ring (bicyclic) bond motifs is 1. The van der Waals surface area contributed by atoms with Gasteiger partial charge in [-0.05, 0) is 22.9 Å². The molecule has 3 rings (SSSR count). The monoisotopic (exact) mass is 255 g/mol. The van der Waals surface area contributed by atoms with Gasteiger partial charge in [0, 0.05) is 11.6 Å². The Morgan fingerprint density at radius 1 is 1.11 bits per heavy atom. The first kappa shape index (κ1) is 11.3. The van der Waals surface area contributed by atoms with E-state index in [9.17, 15) is 9.90 Å². The van der Waals surface area contributed by atoms with Gasteiger partial charge in [0.25, 0.3) is 0 Å². The summed E-state index contributed by atoms with van der Waals surface area (Å²) in [6.07, 6.45) is 0. The Bertz CT molecular complexity index is 776. The summed E-state index contributed by atoms with van der Waals surface area (Å²) in [7, 11) is 0. The first-order valence-corrected chi connectivity index (χ1v) is 5.57. The van der Waals surface area contributed by atoms with E-state index in [0.29, 0.717) is 11.3 Å². The second-order valence-electron chi connectivity index (χ2n) is 4.10. The molecule has 0 saturated heterocycles. The third-order valence-electron chi connectivity index (χ3n) is 2.86. The minimum absolute atomic E-state index is 0.0314. The molecule has 0 spiro atoms. The number of aromatic nitrogens is 1. The van der Waals surface area contributed by atoms with Crippen molar-refractivity contribution in [1.82, 2.24) is 5.16 Å². The number of carboxylic acid groups (broad SMARTS) is 1. The molecule has 0 aliphatic carbocycles. The van der Waals surface area contributed by atoms with Crippen LogP contribution in [0.1, 0.15) is 10.6 Å². The molecule has 1 heterocycles. The van der Waals surface area contributed by atoms with Crippen LogP contribution < -0.4 is 0 Å². The van der Waals surface area contributed by atoms with Crippen molar-refractivity contribution < 1.29 is 19.5 Å². The van der Waals surface area contributed by atoms with Crippen LogP contribution in [0.2, 0.25) is 0 Å². The largest absolute Gasteiger partial charge is 0.507 e. The van der Waals surface area contributed by atoms with E-state index in [1.165, 1.54) is 6.07 Å². The van der Waals surface area contributed by atoms with Gasteiger partial charge in [0.15, 0.2) is 0 Å². The van der Waals surface area contributed by atoms with Gasteiger partial charge in [-0.1, -0.05) is 29.4 Å². The number of aromatic hydroxyl groups is 1. The number of carbonyl (C=O) groups is 1. The van der Waals surface area contributed by atoms with Crippen molar-refractivity contribution in [2.45, 2.75) is 0 Å². The van der Waals surface area contributed by atoms with Crippen molar-refractivity contribution in [2.24, 2.45) is 0 Å². The van der Waals surface area contributed by atoms with E-state index >= 15 is 0 Å². The van der Waals surface area contributed by atoms with Gasteiger partial charge in [-0.25, -0.2) is 4.79 Å². The summed E-state index contributed by atoms with van der Waals surface area (Å²) < 4.78 is 4.69. The lowest BCUT2D eigenvalue weighted by Crippen LogP contribution is -1.91. The highest BCUT2D eigenvalue weighted by atomic mass is 16.5. The summed E-state index contributed by atoms with van der Waals surface area (Å²) in [6, 6.07) is 12.2. The van der Waals surface area contributed by atoms with Crippen molar-refractivity contribution >= 4 is 16.7 Å².